The minimum absolute atomic E-state index is 0.00371. The fourth-order valence-corrected chi connectivity index (χ4v) is 1.96. The van der Waals surface area contributed by atoms with Crippen molar-refractivity contribution in [1.29, 1.82) is 0 Å². The molecular weight excluding hydrogens is 254 g/mol. The molecular formula is C16H23NO3. The Morgan fingerprint density at radius 3 is 2.35 bits per heavy atom. The Balaban J connectivity index is 2.73. The molecule has 4 heteroatoms. The Labute approximate surface area is 120 Å². The van der Waals surface area contributed by atoms with E-state index < -0.39 is 11.4 Å². The zero-order valence-electron chi connectivity index (χ0n) is 12.9. The first-order valence-corrected chi connectivity index (χ1v) is 6.67. The average molecular weight is 277 g/mol. The number of hydrogen-bond donors (Lipinski definition) is 1. The van der Waals surface area contributed by atoms with Gasteiger partial charge >= 0.3 is 5.97 Å². The number of carboxylic acid groups (broad SMARTS) is 1. The molecule has 0 aliphatic carbocycles. The first-order chi connectivity index (χ1) is 9.13. The number of rotatable bonds is 5. The van der Waals surface area contributed by atoms with Crippen LogP contribution in [-0.2, 0) is 16.1 Å². The fourth-order valence-electron chi connectivity index (χ4n) is 1.96. The summed E-state index contributed by atoms with van der Waals surface area (Å²) in [5.41, 5.74) is 2.38. The topological polar surface area (TPSA) is 57.6 Å². The van der Waals surface area contributed by atoms with Crippen molar-refractivity contribution in [1.82, 2.24) is 4.90 Å². The zero-order valence-corrected chi connectivity index (χ0v) is 12.9. The molecule has 1 aromatic rings. The van der Waals surface area contributed by atoms with Crippen molar-refractivity contribution < 1.29 is 14.7 Å². The molecule has 20 heavy (non-hydrogen) atoms. The third-order valence-electron chi connectivity index (χ3n) is 3.50. The average Bonchev–Trinajstić information content (AvgIpc) is 2.31. The van der Waals surface area contributed by atoms with Crippen molar-refractivity contribution in [2.45, 2.75) is 40.7 Å². The Kier molecular flexibility index (Phi) is 4.93. The van der Waals surface area contributed by atoms with Gasteiger partial charge in [0.1, 0.15) is 0 Å². The van der Waals surface area contributed by atoms with Crippen LogP contribution in [0.1, 0.15) is 37.0 Å². The maximum Gasteiger partial charge on any atom is 0.309 e. The van der Waals surface area contributed by atoms with E-state index in [0.29, 0.717) is 6.54 Å². The summed E-state index contributed by atoms with van der Waals surface area (Å²) in [6.45, 7) is 7.68. The molecule has 1 aromatic carbocycles. The number of carbonyl (C=O) groups excluding carboxylic acids is 1. The zero-order chi connectivity index (χ0) is 15.5. The van der Waals surface area contributed by atoms with E-state index in [1.165, 1.54) is 5.56 Å². The first-order valence-electron chi connectivity index (χ1n) is 6.67. The lowest BCUT2D eigenvalue weighted by molar-refractivity contribution is -0.151. The maximum absolute atomic E-state index is 12.1. The van der Waals surface area contributed by atoms with Gasteiger partial charge in [0, 0.05) is 20.0 Å². The van der Waals surface area contributed by atoms with Crippen LogP contribution in [0.2, 0.25) is 0 Å². The van der Waals surface area contributed by atoms with Crippen LogP contribution in [0.25, 0.3) is 0 Å². The molecule has 0 unspecified atom stereocenters. The number of amides is 1. The second-order valence-electron chi connectivity index (χ2n) is 6.05. The summed E-state index contributed by atoms with van der Waals surface area (Å²) >= 11 is 0. The van der Waals surface area contributed by atoms with Crippen LogP contribution in [0, 0.1) is 19.3 Å². The van der Waals surface area contributed by atoms with Gasteiger partial charge in [-0.3, -0.25) is 9.59 Å². The molecule has 1 rings (SSSR count). The van der Waals surface area contributed by atoms with Crippen molar-refractivity contribution >= 4 is 11.9 Å². The highest BCUT2D eigenvalue weighted by Crippen LogP contribution is 2.22. The third-order valence-corrected chi connectivity index (χ3v) is 3.50. The van der Waals surface area contributed by atoms with Crippen molar-refractivity contribution in [3.63, 3.8) is 0 Å². The lowest BCUT2D eigenvalue weighted by atomic mass is 9.89. The van der Waals surface area contributed by atoms with Gasteiger partial charge in [-0.2, -0.15) is 0 Å². The summed E-state index contributed by atoms with van der Waals surface area (Å²) < 4.78 is 0. The van der Waals surface area contributed by atoms with Crippen LogP contribution in [0.4, 0.5) is 0 Å². The smallest absolute Gasteiger partial charge is 0.309 e. The summed E-state index contributed by atoms with van der Waals surface area (Å²) in [7, 11) is 1.71. The number of carboxylic acids is 1. The van der Waals surface area contributed by atoms with Crippen LogP contribution in [0.5, 0.6) is 0 Å². The van der Waals surface area contributed by atoms with E-state index in [9.17, 15) is 9.59 Å². The molecule has 0 aromatic heterocycles. The van der Waals surface area contributed by atoms with E-state index in [2.05, 4.69) is 6.07 Å². The predicted octanol–water partition coefficient (Wildman–Crippen LogP) is 2.76. The SMILES string of the molecule is Cc1ccc(CN(C)C(=O)CC(C)(C)C(=O)O)c(C)c1. The van der Waals surface area contributed by atoms with Gasteiger partial charge < -0.3 is 10.0 Å². The highest BCUT2D eigenvalue weighted by atomic mass is 16.4. The van der Waals surface area contributed by atoms with Crippen LogP contribution in [-0.4, -0.2) is 28.9 Å². The van der Waals surface area contributed by atoms with E-state index in [4.69, 9.17) is 5.11 Å². The van der Waals surface area contributed by atoms with Crippen molar-refractivity contribution in [3.05, 3.63) is 34.9 Å². The lowest BCUT2D eigenvalue weighted by Crippen LogP contribution is -2.34. The highest BCUT2D eigenvalue weighted by molar-refractivity contribution is 5.84. The summed E-state index contributed by atoms with van der Waals surface area (Å²) in [5.74, 6) is -1.11. The van der Waals surface area contributed by atoms with Crippen LogP contribution >= 0.6 is 0 Å². The minimum atomic E-state index is -1.03. The summed E-state index contributed by atoms with van der Waals surface area (Å²) in [4.78, 5) is 24.8. The van der Waals surface area contributed by atoms with Crippen molar-refractivity contribution in [2.24, 2.45) is 5.41 Å². The monoisotopic (exact) mass is 277 g/mol. The number of aryl methyl sites for hydroxylation is 2. The Bertz CT molecular complexity index is 520. The summed E-state index contributed by atoms with van der Waals surface area (Å²) in [5, 5.41) is 9.07. The molecule has 0 aliphatic rings. The number of nitrogens with zero attached hydrogens (tertiary/aromatic N) is 1. The van der Waals surface area contributed by atoms with Gasteiger partial charge in [0.25, 0.3) is 0 Å². The van der Waals surface area contributed by atoms with E-state index >= 15 is 0 Å². The number of carbonyl (C=O) groups is 2. The highest BCUT2D eigenvalue weighted by Gasteiger charge is 2.31. The molecule has 0 heterocycles. The van der Waals surface area contributed by atoms with Crippen LogP contribution in [0.15, 0.2) is 18.2 Å². The second-order valence-corrected chi connectivity index (χ2v) is 6.05. The number of aliphatic carboxylic acids is 1. The molecule has 0 atom stereocenters. The van der Waals surface area contributed by atoms with Crippen molar-refractivity contribution in [3.8, 4) is 0 Å². The lowest BCUT2D eigenvalue weighted by Gasteiger charge is -2.24. The molecule has 0 bridgehead atoms. The quantitative estimate of drug-likeness (QED) is 0.900. The van der Waals surface area contributed by atoms with E-state index in [1.807, 2.05) is 26.0 Å². The van der Waals surface area contributed by atoms with E-state index in [-0.39, 0.29) is 12.3 Å². The summed E-state index contributed by atoms with van der Waals surface area (Å²) in [6.07, 6.45) is 0.00371. The Hall–Kier alpha value is -1.84. The number of benzene rings is 1. The van der Waals surface area contributed by atoms with Gasteiger partial charge in [-0.05, 0) is 38.8 Å². The number of hydrogen-bond acceptors (Lipinski definition) is 2. The molecule has 110 valence electrons. The molecule has 4 nitrogen and oxygen atoms in total. The normalized spacial score (nSPS) is 11.2. The standard InChI is InChI=1S/C16H23NO3/c1-11-6-7-13(12(2)8-11)10-17(5)14(18)9-16(3,4)15(19)20/h6-8H,9-10H2,1-5H3,(H,19,20). The fraction of sp³-hybridized carbons (Fsp3) is 0.500. The largest absolute Gasteiger partial charge is 0.481 e. The van der Waals surface area contributed by atoms with Crippen LogP contribution < -0.4 is 0 Å². The van der Waals surface area contributed by atoms with E-state index in [1.54, 1.807) is 25.8 Å². The molecule has 0 spiro atoms. The summed E-state index contributed by atoms with van der Waals surface area (Å²) in [6, 6.07) is 6.10. The van der Waals surface area contributed by atoms with Gasteiger partial charge in [-0.25, -0.2) is 0 Å². The van der Waals surface area contributed by atoms with Gasteiger partial charge in [-0.15, -0.1) is 0 Å². The second kappa shape index (κ2) is 6.07. The minimum Gasteiger partial charge on any atom is -0.481 e. The van der Waals surface area contributed by atoms with E-state index in [0.717, 1.165) is 11.1 Å². The molecule has 0 aliphatic heterocycles. The van der Waals surface area contributed by atoms with Gasteiger partial charge in [-0.1, -0.05) is 23.8 Å². The first kappa shape index (κ1) is 16.2. The maximum atomic E-state index is 12.1. The molecule has 0 radical (unpaired) electrons. The van der Waals surface area contributed by atoms with Gasteiger partial charge in [0.05, 0.1) is 5.41 Å². The third kappa shape index (κ3) is 4.08. The molecule has 0 saturated heterocycles. The molecule has 0 fully saturated rings. The molecule has 1 N–H and O–H groups in total. The van der Waals surface area contributed by atoms with Crippen molar-refractivity contribution in [2.75, 3.05) is 7.05 Å². The van der Waals surface area contributed by atoms with Crippen LogP contribution in [0.3, 0.4) is 0 Å². The predicted molar refractivity (Wildman–Crippen MR) is 78.4 cm³/mol. The molecule has 0 saturated carbocycles. The molecule has 1 amide bonds. The Morgan fingerprint density at radius 1 is 1.25 bits per heavy atom. The van der Waals surface area contributed by atoms with Gasteiger partial charge in [0.15, 0.2) is 0 Å². The van der Waals surface area contributed by atoms with Gasteiger partial charge in [0.2, 0.25) is 5.91 Å². The Morgan fingerprint density at radius 2 is 1.85 bits per heavy atom.